The second kappa shape index (κ2) is 9.88. The van der Waals surface area contributed by atoms with Crippen LogP contribution in [0.4, 0.5) is 10.2 Å². The molecule has 196 valence electrons. The van der Waals surface area contributed by atoms with Gasteiger partial charge in [0.2, 0.25) is 0 Å². The summed E-state index contributed by atoms with van der Waals surface area (Å²) in [6, 6.07) is 16.2. The number of hydrogen-bond donors (Lipinski definition) is 0. The summed E-state index contributed by atoms with van der Waals surface area (Å²) < 4.78 is 22.5. The Balaban J connectivity index is 1.33. The Morgan fingerprint density at radius 3 is 2.59 bits per heavy atom. The third-order valence-electron chi connectivity index (χ3n) is 8.26. The Morgan fingerprint density at radius 1 is 0.974 bits per heavy atom. The van der Waals surface area contributed by atoms with E-state index in [1.165, 1.54) is 19.3 Å². The molecular formula is C32H30FN5O. The maximum Gasteiger partial charge on any atom is 0.319 e. The molecule has 2 unspecified atom stereocenters. The van der Waals surface area contributed by atoms with Crippen molar-refractivity contribution in [2.45, 2.75) is 32.6 Å². The molecule has 1 saturated carbocycles. The van der Waals surface area contributed by atoms with Crippen molar-refractivity contribution in [1.29, 1.82) is 0 Å². The van der Waals surface area contributed by atoms with Gasteiger partial charge in [0.1, 0.15) is 17.0 Å². The van der Waals surface area contributed by atoms with E-state index < -0.39 is 5.82 Å². The van der Waals surface area contributed by atoms with E-state index >= 15 is 4.39 Å². The molecule has 2 atom stereocenters. The molecule has 0 amide bonds. The number of nitrogens with zero attached hydrogens (tertiary/aromatic N) is 5. The number of halogens is 1. The maximum atomic E-state index is 16.5. The monoisotopic (exact) mass is 519 g/mol. The average molecular weight is 520 g/mol. The minimum atomic E-state index is -0.441. The van der Waals surface area contributed by atoms with Crippen LogP contribution in [0.5, 0.6) is 6.01 Å². The van der Waals surface area contributed by atoms with Gasteiger partial charge in [-0.15, -0.1) is 0 Å². The van der Waals surface area contributed by atoms with Crippen molar-refractivity contribution >= 4 is 27.5 Å². The molecule has 0 spiro atoms. The van der Waals surface area contributed by atoms with Gasteiger partial charge in [0.05, 0.1) is 12.0 Å². The van der Waals surface area contributed by atoms with E-state index in [4.69, 9.17) is 9.72 Å². The standard InChI is InChI=1S/C32H30FN5O/c1-20-5-2-7-24-8-3-9-25(27(20)24)29-28(33)30-26(17-35-29)31(38-18-22-10-11-23(15-22)19-38)37-32(36-30)39-14-12-21-6-4-13-34-16-21/h2-9,13,16-17,22-23H,10-12,14-15,18-19H2,1H3. The van der Waals surface area contributed by atoms with Crippen LogP contribution in [0.1, 0.15) is 30.4 Å². The smallest absolute Gasteiger partial charge is 0.319 e. The molecule has 7 rings (SSSR count). The minimum absolute atomic E-state index is 0.199. The molecule has 2 aliphatic rings. The van der Waals surface area contributed by atoms with E-state index in [1.807, 2.05) is 61.7 Å². The third kappa shape index (κ3) is 4.46. The second-order valence-electron chi connectivity index (χ2n) is 10.9. The predicted octanol–water partition coefficient (Wildman–Crippen LogP) is 6.55. The molecule has 0 N–H and O–H groups in total. The van der Waals surface area contributed by atoms with Gasteiger partial charge in [-0.25, -0.2) is 4.39 Å². The van der Waals surface area contributed by atoms with E-state index in [0.717, 1.165) is 46.4 Å². The summed E-state index contributed by atoms with van der Waals surface area (Å²) >= 11 is 0. The van der Waals surface area contributed by atoms with Gasteiger partial charge in [-0.05, 0) is 66.0 Å². The Kier molecular flexibility index (Phi) is 6.06. The molecule has 2 bridgehead atoms. The first-order valence-electron chi connectivity index (χ1n) is 13.8. The Hall–Kier alpha value is -4.13. The summed E-state index contributed by atoms with van der Waals surface area (Å²) in [5.74, 6) is 1.59. The fourth-order valence-electron chi connectivity index (χ4n) is 6.43. The normalized spacial score (nSPS) is 18.7. The summed E-state index contributed by atoms with van der Waals surface area (Å²) in [5.41, 5.74) is 3.46. The molecule has 4 heterocycles. The largest absolute Gasteiger partial charge is 0.463 e. The van der Waals surface area contributed by atoms with Crippen LogP contribution in [-0.4, -0.2) is 39.6 Å². The Labute approximate surface area is 226 Å². The summed E-state index contributed by atoms with van der Waals surface area (Å²) in [6.45, 7) is 4.27. The molecule has 3 aromatic heterocycles. The highest BCUT2D eigenvalue weighted by atomic mass is 19.1. The first kappa shape index (κ1) is 23.9. The zero-order valence-corrected chi connectivity index (χ0v) is 22.0. The molecule has 7 heteroatoms. The van der Waals surface area contributed by atoms with Gasteiger partial charge in [0.25, 0.3) is 0 Å². The number of hydrogen-bond acceptors (Lipinski definition) is 6. The van der Waals surface area contributed by atoms with Crippen LogP contribution < -0.4 is 9.64 Å². The van der Waals surface area contributed by atoms with Gasteiger partial charge in [-0.2, -0.15) is 9.97 Å². The number of fused-ring (bicyclic) bond motifs is 4. The van der Waals surface area contributed by atoms with E-state index in [0.29, 0.717) is 35.9 Å². The maximum absolute atomic E-state index is 16.5. The van der Waals surface area contributed by atoms with Crippen molar-refractivity contribution in [3.63, 3.8) is 0 Å². The molecule has 1 saturated heterocycles. The van der Waals surface area contributed by atoms with Gasteiger partial charge in [0, 0.05) is 43.7 Å². The number of pyridine rings is 2. The number of anilines is 1. The minimum Gasteiger partial charge on any atom is -0.463 e. The van der Waals surface area contributed by atoms with Crippen molar-refractivity contribution in [3.05, 3.63) is 84.1 Å². The lowest BCUT2D eigenvalue weighted by Crippen LogP contribution is -2.37. The van der Waals surface area contributed by atoms with Gasteiger partial charge in [-0.1, -0.05) is 42.5 Å². The number of rotatable bonds is 6. The van der Waals surface area contributed by atoms with Crippen LogP contribution in [0.15, 0.2) is 67.1 Å². The highest BCUT2D eigenvalue weighted by Crippen LogP contribution is 2.41. The highest BCUT2D eigenvalue weighted by molar-refractivity contribution is 6.00. The number of benzene rings is 2. The van der Waals surface area contributed by atoms with Crippen LogP contribution in [0.25, 0.3) is 32.9 Å². The van der Waals surface area contributed by atoms with Crippen molar-refractivity contribution in [1.82, 2.24) is 19.9 Å². The fourth-order valence-corrected chi connectivity index (χ4v) is 6.43. The molecule has 39 heavy (non-hydrogen) atoms. The van der Waals surface area contributed by atoms with Crippen LogP contribution in [0, 0.1) is 24.6 Å². The number of ether oxygens (including phenoxy) is 1. The van der Waals surface area contributed by atoms with Crippen molar-refractivity contribution in [2.24, 2.45) is 11.8 Å². The van der Waals surface area contributed by atoms with Crippen LogP contribution in [0.3, 0.4) is 0 Å². The van der Waals surface area contributed by atoms with Crippen molar-refractivity contribution < 1.29 is 9.13 Å². The van der Waals surface area contributed by atoms with E-state index in [2.05, 4.69) is 19.9 Å². The van der Waals surface area contributed by atoms with Gasteiger partial charge >= 0.3 is 6.01 Å². The molecule has 0 radical (unpaired) electrons. The van der Waals surface area contributed by atoms with E-state index in [9.17, 15) is 0 Å². The number of piperidine rings is 1. The zero-order chi connectivity index (χ0) is 26.3. The lowest BCUT2D eigenvalue weighted by atomic mass is 9.97. The molecule has 5 aromatic rings. The average Bonchev–Trinajstić information content (AvgIpc) is 3.30. The van der Waals surface area contributed by atoms with Gasteiger partial charge in [-0.3, -0.25) is 9.97 Å². The Bertz CT molecular complexity index is 1660. The second-order valence-corrected chi connectivity index (χ2v) is 10.9. The van der Waals surface area contributed by atoms with Gasteiger partial charge in [0.15, 0.2) is 5.82 Å². The van der Waals surface area contributed by atoms with Gasteiger partial charge < -0.3 is 9.64 Å². The summed E-state index contributed by atoms with van der Waals surface area (Å²) in [7, 11) is 0. The first-order chi connectivity index (χ1) is 19.1. The van der Waals surface area contributed by atoms with Crippen molar-refractivity contribution in [3.8, 4) is 17.3 Å². The molecule has 1 aliphatic carbocycles. The van der Waals surface area contributed by atoms with E-state index in [-0.39, 0.29) is 11.5 Å². The topological polar surface area (TPSA) is 64.0 Å². The SMILES string of the molecule is Cc1cccc2cccc(-c3ncc4c(N5CC6CCC(C6)C5)nc(OCCc5cccnc5)nc4c3F)c12. The van der Waals surface area contributed by atoms with Crippen molar-refractivity contribution in [2.75, 3.05) is 24.6 Å². The number of aromatic nitrogens is 4. The molecular weight excluding hydrogens is 489 g/mol. The molecule has 6 nitrogen and oxygen atoms in total. The van der Waals surface area contributed by atoms with Crippen LogP contribution in [-0.2, 0) is 6.42 Å². The summed E-state index contributed by atoms with van der Waals surface area (Å²) in [4.78, 5) is 20.6. The summed E-state index contributed by atoms with van der Waals surface area (Å²) in [6.07, 6.45) is 9.74. The molecule has 2 aromatic carbocycles. The zero-order valence-electron chi connectivity index (χ0n) is 22.0. The number of aryl methyl sites for hydroxylation is 1. The van der Waals surface area contributed by atoms with Crippen LogP contribution in [0.2, 0.25) is 0 Å². The lowest BCUT2D eigenvalue weighted by molar-refractivity contribution is 0.296. The summed E-state index contributed by atoms with van der Waals surface area (Å²) in [5, 5.41) is 2.69. The lowest BCUT2D eigenvalue weighted by Gasteiger charge is -2.33. The molecule has 2 fully saturated rings. The fraction of sp³-hybridized carbons (Fsp3) is 0.312. The first-order valence-corrected chi connectivity index (χ1v) is 13.8. The quantitative estimate of drug-likeness (QED) is 0.254. The molecule has 1 aliphatic heterocycles. The van der Waals surface area contributed by atoms with Crippen LogP contribution >= 0.6 is 0 Å². The van der Waals surface area contributed by atoms with E-state index in [1.54, 1.807) is 12.4 Å². The highest BCUT2D eigenvalue weighted by Gasteiger charge is 2.34. The Morgan fingerprint density at radius 2 is 1.79 bits per heavy atom. The predicted molar refractivity (Wildman–Crippen MR) is 151 cm³/mol. The third-order valence-corrected chi connectivity index (χ3v) is 8.26.